The van der Waals surface area contributed by atoms with Crippen LogP contribution in [-0.4, -0.2) is 10.5 Å². The molecule has 3 nitrogen and oxygen atoms in total. The Morgan fingerprint density at radius 3 is 2.72 bits per heavy atom. The van der Waals surface area contributed by atoms with Crippen molar-refractivity contribution in [3.05, 3.63) is 51.9 Å². The molecule has 1 N–H and O–H groups in total. The van der Waals surface area contributed by atoms with Crippen LogP contribution in [0.5, 0.6) is 0 Å². The average molecular weight is 352 g/mol. The second kappa shape index (κ2) is 4.76. The lowest BCUT2D eigenvalue weighted by Crippen LogP contribution is -2.16. The van der Waals surface area contributed by atoms with E-state index in [4.69, 9.17) is 0 Å². The highest BCUT2D eigenvalue weighted by molar-refractivity contribution is 14.1. The summed E-state index contributed by atoms with van der Waals surface area (Å²) in [7, 11) is 0. The SMILES string of the molecule is O=C(Nc1ccccc1I)c1cccn1C1CC1. The quantitative estimate of drug-likeness (QED) is 0.841. The molecule has 0 unspecified atom stereocenters. The Labute approximate surface area is 119 Å². The highest BCUT2D eigenvalue weighted by atomic mass is 127. The van der Waals surface area contributed by atoms with E-state index in [2.05, 4.69) is 32.5 Å². The number of amides is 1. The average Bonchev–Trinajstić information content (AvgIpc) is 3.09. The van der Waals surface area contributed by atoms with Gasteiger partial charge in [-0.1, -0.05) is 12.1 Å². The zero-order valence-electron chi connectivity index (χ0n) is 9.77. The molecule has 3 rings (SSSR count). The summed E-state index contributed by atoms with van der Waals surface area (Å²) in [6.45, 7) is 0. The van der Waals surface area contributed by atoms with Gasteiger partial charge in [0.15, 0.2) is 0 Å². The van der Waals surface area contributed by atoms with Crippen molar-refractivity contribution in [3.63, 3.8) is 0 Å². The minimum absolute atomic E-state index is 0.0315. The fourth-order valence-electron chi connectivity index (χ4n) is 2.01. The number of hydrogen-bond acceptors (Lipinski definition) is 1. The molecular weight excluding hydrogens is 339 g/mol. The number of aromatic nitrogens is 1. The van der Waals surface area contributed by atoms with Crippen LogP contribution in [0.25, 0.3) is 0 Å². The summed E-state index contributed by atoms with van der Waals surface area (Å²) >= 11 is 2.22. The van der Waals surface area contributed by atoms with Crippen molar-refractivity contribution in [1.29, 1.82) is 0 Å². The summed E-state index contributed by atoms with van der Waals surface area (Å²) in [5.74, 6) is -0.0315. The molecule has 18 heavy (non-hydrogen) atoms. The van der Waals surface area contributed by atoms with Crippen LogP contribution in [0.15, 0.2) is 42.6 Å². The standard InChI is InChI=1S/C14H13IN2O/c15-11-4-1-2-5-12(11)16-14(18)13-6-3-9-17(13)10-7-8-10/h1-6,9-10H,7-8H2,(H,16,18). The lowest BCUT2D eigenvalue weighted by molar-refractivity contribution is 0.101. The van der Waals surface area contributed by atoms with Gasteiger partial charge in [0.05, 0.1) is 5.69 Å². The maximum atomic E-state index is 12.2. The van der Waals surface area contributed by atoms with E-state index in [1.165, 1.54) is 12.8 Å². The lowest BCUT2D eigenvalue weighted by atomic mass is 10.3. The number of carbonyl (C=O) groups is 1. The second-order valence-electron chi connectivity index (χ2n) is 4.47. The van der Waals surface area contributed by atoms with Gasteiger partial charge in [-0.2, -0.15) is 0 Å². The molecular formula is C14H13IN2O. The van der Waals surface area contributed by atoms with Crippen LogP contribution in [0, 0.1) is 3.57 Å². The first kappa shape index (κ1) is 11.8. The predicted octanol–water partition coefficient (Wildman–Crippen LogP) is 3.68. The predicted molar refractivity (Wildman–Crippen MR) is 79.8 cm³/mol. The van der Waals surface area contributed by atoms with Gasteiger partial charge in [-0.15, -0.1) is 0 Å². The van der Waals surface area contributed by atoms with Crippen LogP contribution in [0.3, 0.4) is 0 Å². The largest absolute Gasteiger partial charge is 0.340 e. The molecule has 92 valence electrons. The van der Waals surface area contributed by atoms with Gasteiger partial charge in [0, 0.05) is 15.8 Å². The van der Waals surface area contributed by atoms with E-state index >= 15 is 0 Å². The molecule has 1 aromatic heterocycles. The fourth-order valence-corrected chi connectivity index (χ4v) is 2.53. The highest BCUT2D eigenvalue weighted by Gasteiger charge is 2.26. The number of para-hydroxylation sites is 1. The van der Waals surface area contributed by atoms with E-state index in [0.717, 1.165) is 15.0 Å². The van der Waals surface area contributed by atoms with Crippen LogP contribution in [0.4, 0.5) is 5.69 Å². The Bertz CT molecular complexity index is 587. The molecule has 1 fully saturated rings. The summed E-state index contributed by atoms with van der Waals surface area (Å²) < 4.78 is 3.12. The molecule has 0 spiro atoms. The zero-order chi connectivity index (χ0) is 12.5. The van der Waals surface area contributed by atoms with Crippen LogP contribution in [0.1, 0.15) is 29.4 Å². The van der Waals surface area contributed by atoms with Gasteiger partial charge in [0.25, 0.3) is 5.91 Å². The number of halogens is 1. The van der Waals surface area contributed by atoms with Gasteiger partial charge < -0.3 is 9.88 Å². The number of nitrogens with one attached hydrogen (secondary N) is 1. The highest BCUT2D eigenvalue weighted by Crippen LogP contribution is 2.36. The van der Waals surface area contributed by atoms with Crippen molar-refractivity contribution in [3.8, 4) is 0 Å². The molecule has 0 bridgehead atoms. The van der Waals surface area contributed by atoms with Crippen LogP contribution >= 0.6 is 22.6 Å². The van der Waals surface area contributed by atoms with Gasteiger partial charge >= 0.3 is 0 Å². The first-order valence-electron chi connectivity index (χ1n) is 5.98. The summed E-state index contributed by atoms with van der Waals surface area (Å²) in [5, 5.41) is 2.97. The maximum Gasteiger partial charge on any atom is 0.272 e. The monoisotopic (exact) mass is 352 g/mol. The molecule has 1 aliphatic rings. The topological polar surface area (TPSA) is 34.0 Å². The number of benzene rings is 1. The Morgan fingerprint density at radius 2 is 2.00 bits per heavy atom. The Kier molecular flexibility index (Phi) is 3.11. The third kappa shape index (κ3) is 2.29. The first-order valence-corrected chi connectivity index (χ1v) is 7.06. The molecule has 1 aliphatic carbocycles. The van der Waals surface area contributed by atoms with Crippen LogP contribution < -0.4 is 5.32 Å². The minimum atomic E-state index is -0.0315. The van der Waals surface area contributed by atoms with E-state index in [1.807, 2.05) is 42.6 Å². The fraction of sp³-hybridized carbons (Fsp3) is 0.214. The molecule has 1 heterocycles. The summed E-state index contributed by atoms with van der Waals surface area (Å²) in [4.78, 5) is 12.2. The third-order valence-corrected chi connectivity index (χ3v) is 4.01. The second-order valence-corrected chi connectivity index (χ2v) is 5.63. The molecule has 0 aliphatic heterocycles. The molecule has 1 aromatic carbocycles. The Morgan fingerprint density at radius 1 is 1.22 bits per heavy atom. The minimum Gasteiger partial charge on any atom is -0.340 e. The zero-order valence-corrected chi connectivity index (χ0v) is 11.9. The summed E-state index contributed by atoms with van der Waals surface area (Å²) in [6, 6.07) is 12.1. The molecule has 2 aromatic rings. The van der Waals surface area contributed by atoms with Gasteiger partial charge in [-0.3, -0.25) is 4.79 Å². The van der Waals surface area contributed by atoms with E-state index in [1.54, 1.807) is 0 Å². The third-order valence-electron chi connectivity index (χ3n) is 3.07. The van der Waals surface area contributed by atoms with Gasteiger partial charge in [0.2, 0.25) is 0 Å². The van der Waals surface area contributed by atoms with Crippen molar-refractivity contribution in [2.24, 2.45) is 0 Å². The van der Waals surface area contributed by atoms with Crippen molar-refractivity contribution in [1.82, 2.24) is 4.57 Å². The van der Waals surface area contributed by atoms with Gasteiger partial charge in [-0.05, 0) is 59.7 Å². The first-order chi connectivity index (χ1) is 8.75. The molecule has 0 atom stereocenters. The summed E-state index contributed by atoms with van der Waals surface area (Å²) in [6.07, 6.45) is 4.35. The number of carbonyl (C=O) groups excluding carboxylic acids is 1. The Balaban J connectivity index is 1.83. The Hall–Kier alpha value is -1.30. The van der Waals surface area contributed by atoms with E-state index in [0.29, 0.717) is 6.04 Å². The number of nitrogens with zero attached hydrogens (tertiary/aromatic N) is 1. The van der Waals surface area contributed by atoms with Crippen molar-refractivity contribution >= 4 is 34.2 Å². The van der Waals surface area contributed by atoms with Crippen molar-refractivity contribution in [2.75, 3.05) is 5.32 Å². The van der Waals surface area contributed by atoms with Crippen LogP contribution in [-0.2, 0) is 0 Å². The van der Waals surface area contributed by atoms with E-state index < -0.39 is 0 Å². The van der Waals surface area contributed by atoms with Gasteiger partial charge in [-0.25, -0.2) is 0 Å². The normalized spacial score (nSPS) is 14.5. The number of rotatable bonds is 3. The molecule has 1 saturated carbocycles. The lowest BCUT2D eigenvalue weighted by Gasteiger charge is -2.09. The van der Waals surface area contributed by atoms with Crippen molar-refractivity contribution in [2.45, 2.75) is 18.9 Å². The molecule has 1 amide bonds. The number of anilines is 1. The summed E-state index contributed by atoms with van der Waals surface area (Å²) in [5.41, 5.74) is 1.61. The number of hydrogen-bond donors (Lipinski definition) is 1. The van der Waals surface area contributed by atoms with E-state index in [9.17, 15) is 4.79 Å². The van der Waals surface area contributed by atoms with Crippen molar-refractivity contribution < 1.29 is 4.79 Å². The maximum absolute atomic E-state index is 12.2. The smallest absolute Gasteiger partial charge is 0.272 e. The van der Waals surface area contributed by atoms with Crippen LogP contribution in [0.2, 0.25) is 0 Å². The molecule has 0 saturated heterocycles. The van der Waals surface area contributed by atoms with Gasteiger partial charge in [0.1, 0.15) is 5.69 Å². The molecule has 4 heteroatoms. The van der Waals surface area contributed by atoms with E-state index in [-0.39, 0.29) is 5.91 Å². The molecule has 0 radical (unpaired) electrons.